The number of anilines is 1. The van der Waals surface area contributed by atoms with Gasteiger partial charge in [0.1, 0.15) is 11.8 Å². The molecule has 4 amide bonds. The summed E-state index contributed by atoms with van der Waals surface area (Å²) in [5.74, 6) is -4.28. The highest BCUT2D eigenvalue weighted by Gasteiger charge is 2.18. The first-order valence-electron chi connectivity index (χ1n) is 9.42. The standard InChI is InChI=1S/C19H27N5O7/c1-10(2)15(25)23-24-16(26)12-9-11(6-7-14(12)31-3)22-18(28)17(27)21-8-4-5-13(20)19(29)30/h6-7,9-10,13H,4-5,8,20H2,1-3H3,(H,21,27)(H,22,28)(H,23,25)(H,24,26)(H,29,30)/t13-/m0/s1. The van der Waals surface area contributed by atoms with Gasteiger partial charge in [-0.2, -0.15) is 0 Å². The molecule has 0 aliphatic carbocycles. The lowest BCUT2D eigenvalue weighted by Crippen LogP contribution is -2.43. The van der Waals surface area contributed by atoms with Crippen LogP contribution in [0.15, 0.2) is 18.2 Å². The highest BCUT2D eigenvalue weighted by Crippen LogP contribution is 2.22. The molecule has 0 heterocycles. The first-order chi connectivity index (χ1) is 14.6. The van der Waals surface area contributed by atoms with Crippen molar-refractivity contribution in [3.63, 3.8) is 0 Å². The number of methoxy groups -OCH3 is 1. The second-order valence-corrected chi connectivity index (χ2v) is 6.81. The van der Waals surface area contributed by atoms with Gasteiger partial charge >= 0.3 is 17.8 Å². The molecule has 0 bridgehead atoms. The zero-order chi connectivity index (χ0) is 23.6. The summed E-state index contributed by atoms with van der Waals surface area (Å²) >= 11 is 0. The Morgan fingerprint density at radius 3 is 2.35 bits per heavy atom. The van der Waals surface area contributed by atoms with Crippen LogP contribution in [0, 0.1) is 5.92 Å². The zero-order valence-electron chi connectivity index (χ0n) is 17.5. The second kappa shape index (κ2) is 12.1. The fourth-order valence-electron chi connectivity index (χ4n) is 2.21. The van der Waals surface area contributed by atoms with Crippen molar-refractivity contribution < 1.29 is 33.8 Å². The molecule has 0 saturated carbocycles. The maximum atomic E-state index is 12.4. The topological polar surface area (TPSA) is 189 Å². The molecule has 0 radical (unpaired) electrons. The van der Waals surface area contributed by atoms with Crippen LogP contribution in [0.3, 0.4) is 0 Å². The number of hydrazine groups is 1. The van der Waals surface area contributed by atoms with Crippen molar-refractivity contribution in [3.8, 4) is 5.75 Å². The molecule has 1 rings (SSSR count). The van der Waals surface area contributed by atoms with Crippen molar-refractivity contribution in [2.75, 3.05) is 19.0 Å². The smallest absolute Gasteiger partial charge is 0.320 e. The minimum Gasteiger partial charge on any atom is -0.496 e. The van der Waals surface area contributed by atoms with Gasteiger partial charge in [-0.3, -0.25) is 34.8 Å². The summed E-state index contributed by atoms with van der Waals surface area (Å²) in [6.07, 6.45) is 0.420. The number of nitrogens with one attached hydrogen (secondary N) is 4. The molecule has 12 nitrogen and oxygen atoms in total. The average molecular weight is 437 g/mol. The van der Waals surface area contributed by atoms with Gasteiger partial charge in [-0.1, -0.05) is 13.8 Å². The number of amides is 4. The fraction of sp³-hybridized carbons (Fsp3) is 0.421. The van der Waals surface area contributed by atoms with Gasteiger partial charge in [-0.25, -0.2) is 0 Å². The van der Waals surface area contributed by atoms with Crippen LogP contribution in [-0.2, 0) is 19.2 Å². The third-order valence-electron chi connectivity index (χ3n) is 4.03. The molecule has 0 aliphatic rings. The predicted octanol–water partition coefficient (Wildman–Crippen LogP) is -0.641. The lowest BCUT2D eigenvalue weighted by molar-refractivity contribution is -0.138. The van der Waals surface area contributed by atoms with E-state index in [4.69, 9.17) is 15.6 Å². The van der Waals surface area contributed by atoms with E-state index < -0.39 is 35.6 Å². The SMILES string of the molecule is COc1ccc(NC(=O)C(=O)NCCC[C@H](N)C(=O)O)cc1C(=O)NNC(=O)C(C)C. The lowest BCUT2D eigenvalue weighted by atomic mass is 10.1. The Kier molecular flexibility index (Phi) is 9.92. The number of carboxylic acids is 1. The number of rotatable bonds is 9. The van der Waals surface area contributed by atoms with Crippen molar-refractivity contribution in [2.45, 2.75) is 32.7 Å². The highest BCUT2D eigenvalue weighted by atomic mass is 16.5. The normalized spacial score (nSPS) is 11.3. The van der Waals surface area contributed by atoms with Crippen LogP contribution in [0.25, 0.3) is 0 Å². The van der Waals surface area contributed by atoms with E-state index in [1.54, 1.807) is 13.8 Å². The number of carbonyl (C=O) groups excluding carboxylic acids is 4. The number of nitrogens with two attached hydrogens (primary N) is 1. The number of hydrogen-bond acceptors (Lipinski definition) is 7. The summed E-state index contributed by atoms with van der Waals surface area (Å²) in [5, 5.41) is 13.4. The summed E-state index contributed by atoms with van der Waals surface area (Å²) in [4.78, 5) is 58.5. The minimum absolute atomic E-state index is 0.0208. The van der Waals surface area contributed by atoms with Crippen LogP contribution in [0.2, 0.25) is 0 Å². The van der Waals surface area contributed by atoms with Crippen LogP contribution in [-0.4, -0.2) is 54.4 Å². The monoisotopic (exact) mass is 437 g/mol. The second-order valence-electron chi connectivity index (χ2n) is 6.81. The molecule has 0 spiro atoms. The summed E-state index contributed by atoms with van der Waals surface area (Å²) < 4.78 is 5.11. The van der Waals surface area contributed by atoms with Gasteiger partial charge in [-0.05, 0) is 31.0 Å². The van der Waals surface area contributed by atoms with E-state index >= 15 is 0 Å². The molecule has 0 fully saturated rings. The van der Waals surface area contributed by atoms with Crippen LogP contribution in [0.1, 0.15) is 37.0 Å². The third kappa shape index (κ3) is 8.30. The molecular weight excluding hydrogens is 410 g/mol. The Morgan fingerprint density at radius 1 is 1.10 bits per heavy atom. The number of aliphatic carboxylic acids is 1. The van der Waals surface area contributed by atoms with Crippen LogP contribution in [0.4, 0.5) is 5.69 Å². The van der Waals surface area contributed by atoms with Crippen molar-refractivity contribution in [3.05, 3.63) is 23.8 Å². The summed E-state index contributed by atoms with van der Waals surface area (Å²) in [6, 6.07) is 3.09. The molecule has 0 saturated heterocycles. The largest absolute Gasteiger partial charge is 0.496 e. The van der Waals surface area contributed by atoms with Crippen molar-refractivity contribution in [2.24, 2.45) is 11.7 Å². The molecule has 0 aromatic heterocycles. The quantitative estimate of drug-likeness (QED) is 0.167. The number of hydrogen-bond donors (Lipinski definition) is 6. The molecule has 31 heavy (non-hydrogen) atoms. The Hall–Kier alpha value is -3.67. The maximum Gasteiger partial charge on any atom is 0.320 e. The number of ether oxygens (including phenoxy) is 1. The number of benzene rings is 1. The predicted molar refractivity (Wildman–Crippen MR) is 110 cm³/mol. The minimum atomic E-state index is -1.15. The summed E-state index contributed by atoms with van der Waals surface area (Å²) in [6.45, 7) is 3.38. The van der Waals surface area contributed by atoms with E-state index in [1.165, 1.54) is 25.3 Å². The van der Waals surface area contributed by atoms with E-state index in [0.29, 0.717) is 0 Å². The number of carboxylic acid groups (broad SMARTS) is 1. The van der Waals surface area contributed by atoms with E-state index in [2.05, 4.69) is 21.5 Å². The van der Waals surface area contributed by atoms with E-state index in [-0.39, 0.29) is 42.3 Å². The lowest BCUT2D eigenvalue weighted by Gasteiger charge is -2.13. The van der Waals surface area contributed by atoms with Gasteiger partial charge in [0.05, 0.1) is 12.7 Å². The van der Waals surface area contributed by atoms with Crippen molar-refractivity contribution >= 4 is 35.3 Å². The Labute approximate surface area is 178 Å². The van der Waals surface area contributed by atoms with Crippen LogP contribution >= 0.6 is 0 Å². The van der Waals surface area contributed by atoms with Gasteiger partial charge in [-0.15, -0.1) is 0 Å². The first kappa shape index (κ1) is 25.4. The van der Waals surface area contributed by atoms with Gasteiger partial charge in [0.15, 0.2) is 0 Å². The van der Waals surface area contributed by atoms with Crippen molar-refractivity contribution in [1.29, 1.82) is 0 Å². The molecule has 1 atom stereocenters. The van der Waals surface area contributed by atoms with Gasteiger partial charge in [0.2, 0.25) is 5.91 Å². The summed E-state index contributed by atoms with van der Waals surface area (Å²) in [7, 11) is 1.35. The Morgan fingerprint density at radius 2 is 1.77 bits per heavy atom. The molecule has 0 aliphatic heterocycles. The van der Waals surface area contributed by atoms with Gasteiger partial charge in [0.25, 0.3) is 5.91 Å². The van der Waals surface area contributed by atoms with E-state index in [0.717, 1.165) is 0 Å². The zero-order valence-corrected chi connectivity index (χ0v) is 17.5. The average Bonchev–Trinajstić information content (AvgIpc) is 2.73. The van der Waals surface area contributed by atoms with Crippen molar-refractivity contribution in [1.82, 2.24) is 16.2 Å². The summed E-state index contributed by atoms with van der Waals surface area (Å²) in [5.41, 5.74) is 10.0. The fourth-order valence-corrected chi connectivity index (χ4v) is 2.21. The molecule has 12 heteroatoms. The Balaban J connectivity index is 2.69. The van der Waals surface area contributed by atoms with Crippen LogP contribution < -0.4 is 32.0 Å². The molecule has 170 valence electrons. The number of carbonyl (C=O) groups is 5. The molecular formula is C19H27N5O7. The van der Waals surface area contributed by atoms with Gasteiger partial charge < -0.3 is 26.2 Å². The molecule has 1 aromatic rings. The van der Waals surface area contributed by atoms with E-state index in [9.17, 15) is 24.0 Å². The molecule has 7 N–H and O–H groups in total. The maximum absolute atomic E-state index is 12.4. The first-order valence-corrected chi connectivity index (χ1v) is 9.42. The van der Waals surface area contributed by atoms with E-state index in [1.807, 2.05) is 0 Å². The molecule has 1 aromatic carbocycles. The van der Waals surface area contributed by atoms with Gasteiger partial charge in [0, 0.05) is 18.2 Å². The Bertz CT molecular complexity index is 841. The highest BCUT2D eigenvalue weighted by molar-refractivity contribution is 6.39. The third-order valence-corrected chi connectivity index (χ3v) is 4.03. The van der Waals surface area contributed by atoms with Crippen LogP contribution in [0.5, 0.6) is 5.75 Å². The molecule has 0 unspecified atom stereocenters.